The molecule has 2 aliphatic rings. The fourth-order valence-electron chi connectivity index (χ4n) is 3.69. The van der Waals surface area contributed by atoms with Gasteiger partial charge in [0, 0.05) is 10.8 Å². The third kappa shape index (κ3) is 2.67. The average Bonchev–Trinajstić information content (AvgIpc) is 2.99. The van der Waals surface area contributed by atoms with Crippen molar-refractivity contribution >= 4 is 28.2 Å². The Morgan fingerprint density at radius 2 is 2.09 bits per heavy atom. The minimum Gasteiger partial charge on any atom is -0.465 e. The summed E-state index contributed by atoms with van der Waals surface area (Å²) in [6, 6.07) is 0. The second-order valence-electron chi connectivity index (χ2n) is 6.62. The Morgan fingerprint density at radius 1 is 1.36 bits per heavy atom. The molecule has 22 heavy (non-hydrogen) atoms. The van der Waals surface area contributed by atoms with Gasteiger partial charge in [0.2, 0.25) is 5.91 Å². The first-order valence-corrected chi connectivity index (χ1v) is 8.83. The molecule has 2 aliphatic carbocycles. The number of aryl methyl sites for hydroxylation is 1. The van der Waals surface area contributed by atoms with Crippen LogP contribution in [0, 0.1) is 18.3 Å². The van der Waals surface area contributed by atoms with E-state index in [2.05, 4.69) is 5.32 Å². The maximum atomic E-state index is 12.5. The van der Waals surface area contributed by atoms with Gasteiger partial charge < -0.3 is 10.1 Å². The van der Waals surface area contributed by atoms with Crippen molar-refractivity contribution in [3.63, 3.8) is 0 Å². The van der Waals surface area contributed by atoms with Gasteiger partial charge in [-0.2, -0.15) is 0 Å². The molecule has 120 valence electrons. The standard InChI is InChI=1S/C17H23NO3S/c1-4-12-10(2)22-15(13(12)16(20)21-3)18-14(19)11-5-6-17(9-11)7-8-17/h11H,4-9H2,1-3H3,(H,18,19). The normalized spacial score (nSPS) is 21.9. The third-order valence-electron chi connectivity index (χ3n) is 5.22. The maximum absolute atomic E-state index is 12.5. The third-order valence-corrected chi connectivity index (χ3v) is 6.28. The van der Waals surface area contributed by atoms with Crippen LogP contribution in [0.5, 0.6) is 0 Å². The van der Waals surface area contributed by atoms with Gasteiger partial charge in [-0.05, 0) is 56.4 Å². The number of methoxy groups -OCH3 is 1. The number of ether oxygens (including phenoxy) is 1. The van der Waals surface area contributed by atoms with Gasteiger partial charge >= 0.3 is 5.97 Å². The first kappa shape index (κ1) is 15.5. The summed E-state index contributed by atoms with van der Waals surface area (Å²) in [6.45, 7) is 4.00. The fourth-order valence-corrected chi connectivity index (χ4v) is 4.82. The molecule has 1 spiro atoms. The molecule has 2 saturated carbocycles. The summed E-state index contributed by atoms with van der Waals surface area (Å²) in [6.07, 6.45) is 6.49. The summed E-state index contributed by atoms with van der Waals surface area (Å²) in [5, 5.41) is 3.66. The van der Waals surface area contributed by atoms with Gasteiger partial charge in [0.05, 0.1) is 12.7 Å². The largest absolute Gasteiger partial charge is 0.465 e. The van der Waals surface area contributed by atoms with E-state index in [4.69, 9.17) is 4.74 Å². The predicted octanol–water partition coefficient (Wildman–Crippen LogP) is 3.92. The molecule has 0 aliphatic heterocycles. The van der Waals surface area contributed by atoms with Crippen LogP contribution in [0.15, 0.2) is 0 Å². The zero-order valence-electron chi connectivity index (χ0n) is 13.5. The second-order valence-corrected chi connectivity index (χ2v) is 7.84. The molecule has 1 amide bonds. The van der Waals surface area contributed by atoms with Gasteiger partial charge in [0.15, 0.2) is 0 Å². The molecule has 1 unspecified atom stereocenters. The van der Waals surface area contributed by atoms with Gasteiger partial charge in [0.25, 0.3) is 0 Å². The Morgan fingerprint density at radius 3 is 2.64 bits per heavy atom. The van der Waals surface area contributed by atoms with Crippen molar-refractivity contribution < 1.29 is 14.3 Å². The quantitative estimate of drug-likeness (QED) is 0.855. The van der Waals surface area contributed by atoms with Gasteiger partial charge in [-0.1, -0.05) is 6.92 Å². The maximum Gasteiger partial charge on any atom is 0.341 e. The average molecular weight is 321 g/mol. The molecule has 1 N–H and O–H groups in total. The van der Waals surface area contributed by atoms with Crippen LogP contribution >= 0.6 is 11.3 Å². The molecule has 4 nitrogen and oxygen atoms in total. The van der Waals surface area contributed by atoms with Crippen LogP contribution in [0.3, 0.4) is 0 Å². The topological polar surface area (TPSA) is 55.4 Å². The molecule has 1 aromatic heterocycles. The molecule has 0 saturated heterocycles. The van der Waals surface area contributed by atoms with Crippen LogP contribution < -0.4 is 5.32 Å². The molecule has 2 fully saturated rings. The van der Waals surface area contributed by atoms with Crippen LogP contribution in [0.2, 0.25) is 0 Å². The summed E-state index contributed by atoms with van der Waals surface area (Å²) < 4.78 is 4.90. The zero-order valence-corrected chi connectivity index (χ0v) is 14.3. The Labute approximate surface area is 135 Å². The van der Waals surface area contributed by atoms with Crippen LogP contribution in [0.4, 0.5) is 5.00 Å². The van der Waals surface area contributed by atoms with Gasteiger partial charge in [-0.15, -0.1) is 11.3 Å². The van der Waals surface area contributed by atoms with Gasteiger partial charge in [0.1, 0.15) is 5.00 Å². The molecular formula is C17H23NO3S. The SMILES string of the molecule is CCc1c(C)sc(NC(=O)C2CCC3(CC3)C2)c1C(=O)OC. The summed E-state index contributed by atoms with van der Waals surface area (Å²) in [5.74, 6) is -0.195. The van der Waals surface area contributed by atoms with E-state index >= 15 is 0 Å². The molecule has 0 radical (unpaired) electrons. The lowest BCUT2D eigenvalue weighted by Gasteiger charge is -2.11. The van der Waals surface area contributed by atoms with Crippen molar-refractivity contribution in [3.8, 4) is 0 Å². The number of esters is 1. The molecular weight excluding hydrogens is 298 g/mol. The lowest BCUT2D eigenvalue weighted by Crippen LogP contribution is -2.21. The minimum atomic E-state index is -0.360. The number of rotatable bonds is 4. The molecule has 3 rings (SSSR count). The Bertz CT molecular complexity index is 616. The second kappa shape index (κ2) is 5.69. The first-order chi connectivity index (χ1) is 10.5. The van der Waals surface area contributed by atoms with Crippen LogP contribution in [-0.4, -0.2) is 19.0 Å². The smallest absolute Gasteiger partial charge is 0.341 e. The predicted molar refractivity (Wildman–Crippen MR) is 87.4 cm³/mol. The van der Waals surface area contributed by atoms with Crippen LogP contribution in [0.25, 0.3) is 0 Å². The first-order valence-electron chi connectivity index (χ1n) is 8.01. The van der Waals surface area contributed by atoms with Crippen molar-refractivity contribution in [2.24, 2.45) is 11.3 Å². The van der Waals surface area contributed by atoms with Crippen molar-refractivity contribution in [1.82, 2.24) is 0 Å². The highest BCUT2D eigenvalue weighted by atomic mass is 32.1. The molecule has 1 atom stereocenters. The van der Waals surface area contributed by atoms with Crippen molar-refractivity contribution in [3.05, 3.63) is 16.0 Å². The zero-order chi connectivity index (χ0) is 15.9. The number of carbonyl (C=O) groups excluding carboxylic acids is 2. The summed E-state index contributed by atoms with van der Waals surface area (Å²) in [4.78, 5) is 25.7. The summed E-state index contributed by atoms with van der Waals surface area (Å²) >= 11 is 1.48. The van der Waals surface area contributed by atoms with E-state index in [1.54, 1.807) is 0 Å². The lowest BCUT2D eigenvalue weighted by molar-refractivity contribution is -0.119. The number of nitrogens with one attached hydrogen (secondary N) is 1. The van der Waals surface area contributed by atoms with Gasteiger partial charge in [-0.25, -0.2) is 4.79 Å². The Kier molecular flexibility index (Phi) is 4.02. The van der Waals surface area contributed by atoms with Gasteiger partial charge in [-0.3, -0.25) is 4.79 Å². The van der Waals surface area contributed by atoms with E-state index in [0.29, 0.717) is 16.0 Å². The number of thiophene rings is 1. The number of amides is 1. The molecule has 1 aromatic rings. The Balaban J connectivity index is 1.79. The number of hydrogen-bond donors (Lipinski definition) is 1. The van der Waals surface area contributed by atoms with Crippen molar-refractivity contribution in [2.75, 3.05) is 12.4 Å². The number of carbonyl (C=O) groups is 2. The van der Waals surface area contributed by atoms with Crippen molar-refractivity contribution in [1.29, 1.82) is 0 Å². The highest BCUT2D eigenvalue weighted by molar-refractivity contribution is 7.16. The minimum absolute atomic E-state index is 0.0674. The highest BCUT2D eigenvalue weighted by Gasteiger charge is 2.49. The van der Waals surface area contributed by atoms with E-state index in [9.17, 15) is 9.59 Å². The van der Waals surface area contributed by atoms with Crippen LogP contribution in [-0.2, 0) is 16.0 Å². The molecule has 5 heteroatoms. The van der Waals surface area contributed by atoms with Crippen molar-refractivity contribution in [2.45, 2.75) is 52.4 Å². The number of anilines is 1. The lowest BCUT2D eigenvalue weighted by atomic mass is 10.0. The number of hydrogen-bond acceptors (Lipinski definition) is 4. The fraction of sp³-hybridized carbons (Fsp3) is 0.647. The van der Waals surface area contributed by atoms with E-state index < -0.39 is 0 Å². The molecule has 1 heterocycles. The Hall–Kier alpha value is -1.36. The van der Waals surface area contributed by atoms with E-state index in [1.807, 2.05) is 13.8 Å². The highest BCUT2D eigenvalue weighted by Crippen LogP contribution is 2.59. The monoisotopic (exact) mass is 321 g/mol. The summed E-state index contributed by atoms with van der Waals surface area (Å²) in [7, 11) is 1.38. The summed E-state index contributed by atoms with van der Waals surface area (Å²) in [5.41, 5.74) is 2.00. The van der Waals surface area contributed by atoms with E-state index in [1.165, 1.54) is 37.7 Å². The molecule has 0 bridgehead atoms. The van der Waals surface area contributed by atoms with E-state index in [-0.39, 0.29) is 17.8 Å². The molecule has 0 aromatic carbocycles. The van der Waals surface area contributed by atoms with Crippen LogP contribution in [0.1, 0.15) is 59.8 Å². The van der Waals surface area contributed by atoms with E-state index in [0.717, 1.165) is 29.7 Å².